The molecule has 1 N–H and O–H groups in total. The van der Waals surface area contributed by atoms with E-state index in [4.69, 9.17) is 0 Å². The van der Waals surface area contributed by atoms with Crippen molar-refractivity contribution in [1.82, 2.24) is 10.3 Å². The van der Waals surface area contributed by atoms with Gasteiger partial charge in [-0.05, 0) is 42.2 Å². The SMILES string of the molecule is CC1(C)[C@H]2CC[C@@]1(C)/C(=N/NC(=O)CCN1C(=O)Cc3ccccc3C1=O)C2. The summed E-state index contributed by atoms with van der Waals surface area (Å²) in [6, 6.07) is 7.12. The summed E-state index contributed by atoms with van der Waals surface area (Å²) in [5.41, 5.74) is 5.26. The van der Waals surface area contributed by atoms with Crippen LogP contribution >= 0.6 is 0 Å². The third-order valence-electron chi connectivity index (χ3n) is 7.53. The van der Waals surface area contributed by atoms with Gasteiger partial charge in [0, 0.05) is 29.7 Å². The predicted molar refractivity (Wildman–Crippen MR) is 106 cm³/mol. The van der Waals surface area contributed by atoms with E-state index >= 15 is 0 Å². The number of nitrogens with zero attached hydrogens (tertiary/aromatic N) is 2. The molecule has 0 spiro atoms. The highest BCUT2D eigenvalue weighted by Gasteiger charge is 2.60. The van der Waals surface area contributed by atoms with Gasteiger partial charge in [-0.15, -0.1) is 0 Å². The molecule has 2 saturated carbocycles. The van der Waals surface area contributed by atoms with Gasteiger partial charge < -0.3 is 0 Å². The van der Waals surface area contributed by atoms with Crippen molar-refractivity contribution in [2.24, 2.45) is 21.8 Å². The van der Waals surface area contributed by atoms with Crippen LogP contribution in [0.1, 0.15) is 62.4 Å². The number of fused-ring (bicyclic) bond motifs is 3. The zero-order valence-electron chi connectivity index (χ0n) is 16.7. The second kappa shape index (κ2) is 6.54. The zero-order valence-corrected chi connectivity index (χ0v) is 16.7. The maximum Gasteiger partial charge on any atom is 0.260 e. The van der Waals surface area contributed by atoms with Gasteiger partial charge in [-0.1, -0.05) is 39.0 Å². The summed E-state index contributed by atoms with van der Waals surface area (Å²) in [4.78, 5) is 38.3. The summed E-state index contributed by atoms with van der Waals surface area (Å²) in [5.74, 6) is -0.230. The van der Waals surface area contributed by atoms with Crippen LogP contribution in [0.2, 0.25) is 0 Å². The zero-order chi connectivity index (χ0) is 20.1. The van der Waals surface area contributed by atoms with Crippen LogP contribution in [0, 0.1) is 16.7 Å². The number of hydrazone groups is 1. The van der Waals surface area contributed by atoms with Crippen molar-refractivity contribution in [3.63, 3.8) is 0 Å². The lowest BCUT2D eigenvalue weighted by molar-refractivity contribution is -0.129. The van der Waals surface area contributed by atoms with E-state index in [1.807, 2.05) is 6.07 Å². The van der Waals surface area contributed by atoms with Crippen molar-refractivity contribution in [2.45, 2.75) is 52.9 Å². The first-order valence-electron chi connectivity index (χ1n) is 10.0. The Bertz CT molecular complexity index is 889. The Hall–Kier alpha value is -2.50. The van der Waals surface area contributed by atoms with Crippen molar-refractivity contribution in [1.29, 1.82) is 0 Å². The van der Waals surface area contributed by atoms with Crippen LogP contribution in [-0.4, -0.2) is 34.9 Å². The average Bonchev–Trinajstić information content (AvgIpc) is 2.99. The molecule has 148 valence electrons. The molecule has 0 saturated heterocycles. The summed E-state index contributed by atoms with van der Waals surface area (Å²) in [6.45, 7) is 6.91. The fraction of sp³-hybridized carbons (Fsp3) is 0.545. The Morgan fingerprint density at radius 2 is 2.00 bits per heavy atom. The van der Waals surface area contributed by atoms with E-state index in [2.05, 4.69) is 31.3 Å². The molecule has 28 heavy (non-hydrogen) atoms. The molecule has 2 fully saturated rings. The lowest BCUT2D eigenvalue weighted by Crippen LogP contribution is -2.44. The minimum atomic E-state index is -0.326. The molecule has 3 aliphatic rings. The van der Waals surface area contributed by atoms with E-state index < -0.39 is 0 Å². The molecule has 2 bridgehead atoms. The number of amides is 3. The van der Waals surface area contributed by atoms with Gasteiger partial charge in [0.05, 0.1) is 6.42 Å². The molecule has 0 aromatic heterocycles. The molecule has 0 radical (unpaired) electrons. The molecule has 1 aliphatic heterocycles. The van der Waals surface area contributed by atoms with Gasteiger partial charge >= 0.3 is 0 Å². The molecule has 1 heterocycles. The molecule has 6 nitrogen and oxygen atoms in total. The van der Waals surface area contributed by atoms with Gasteiger partial charge in [0.25, 0.3) is 5.91 Å². The Kier molecular flexibility index (Phi) is 4.40. The Labute approximate surface area is 165 Å². The number of nitrogens with one attached hydrogen (secondary N) is 1. The van der Waals surface area contributed by atoms with Crippen LogP contribution in [0.5, 0.6) is 0 Å². The lowest BCUT2D eigenvalue weighted by Gasteiger charge is -2.34. The topological polar surface area (TPSA) is 78.8 Å². The number of imide groups is 1. The first-order chi connectivity index (χ1) is 13.2. The van der Waals surface area contributed by atoms with Gasteiger partial charge in [0.15, 0.2) is 0 Å². The van der Waals surface area contributed by atoms with E-state index in [0.717, 1.165) is 24.1 Å². The average molecular weight is 381 g/mol. The Morgan fingerprint density at radius 1 is 1.25 bits per heavy atom. The third kappa shape index (κ3) is 2.77. The lowest BCUT2D eigenvalue weighted by atomic mass is 9.70. The quantitative estimate of drug-likeness (QED) is 0.643. The highest BCUT2D eigenvalue weighted by Crippen LogP contribution is 2.63. The summed E-state index contributed by atoms with van der Waals surface area (Å²) in [6.07, 6.45) is 3.51. The van der Waals surface area contributed by atoms with Crippen LogP contribution in [-0.2, 0) is 16.0 Å². The number of benzene rings is 1. The number of hydrogen-bond donors (Lipinski definition) is 1. The van der Waals surface area contributed by atoms with E-state index in [1.165, 1.54) is 11.3 Å². The summed E-state index contributed by atoms with van der Waals surface area (Å²) >= 11 is 0. The largest absolute Gasteiger partial charge is 0.278 e. The summed E-state index contributed by atoms with van der Waals surface area (Å²) in [5, 5.41) is 4.44. The fourth-order valence-corrected chi connectivity index (χ4v) is 5.12. The molecule has 2 atom stereocenters. The van der Waals surface area contributed by atoms with Crippen LogP contribution in [0.3, 0.4) is 0 Å². The minimum absolute atomic E-state index is 0.0352. The number of hydrogen-bond acceptors (Lipinski definition) is 4. The standard InChI is InChI=1S/C22H27N3O3/c1-21(2)15-8-10-22(21,3)17(13-15)23-24-18(26)9-11-25-19(27)12-14-6-4-5-7-16(14)20(25)28/h4-7,15H,8-13H2,1-3H3,(H,24,26)/b23-17+/t15-,22-/m0/s1. The fourth-order valence-electron chi connectivity index (χ4n) is 5.12. The second-order valence-electron chi connectivity index (χ2n) is 9.02. The normalized spacial score (nSPS) is 29.3. The van der Waals surface area contributed by atoms with Crippen LogP contribution in [0.4, 0.5) is 0 Å². The van der Waals surface area contributed by atoms with E-state index in [1.54, 1.807) is 18.2 Å². The van der Waals surface area contributed by atoms with Gasteiger partial charge in [0.1, 0.15) is 0 Å². The van der Waals surface area contributed by atoms with Crippen molar-refractivity contribution < 1.29 is 14.4 Å². The van der Waals surface area contributed by atoms with Crippen molar-refractivity contribution in [3.05, 3.63) is 35.4 Å². The van der Waals surface area contributed by atoms with Gasteiger partial charge in [-0.3, -0.25) is 19.3 Å². The highest BCUT2D eigenvalue weighted by molar-refractivity contribution is 6.09. The highest BCUT2D eigenvalue weighted by atomic mass is 16.2. The molecule has 3 amide bonds. The molecule has 0 unspecified atom stereocenters. The van der Waals surface area contributed by atoms with E-state index in [0.29, 0.717) is 11.5 Å². The molecule has 2 aliphatic carbocycles. The second-order valence-corrected chi connectivity index (χ2v) is 9.02. The van der Waals surface area contributed by atoms with Crippen LogP contribution < -0.4 is 5.43 Å². The third-order valence-corrected chi connectivity index (χ3v) is 7.53. The first kappa shape index (κ1) is 18.8. The maximum absolute atomic E-state index is 12.6. The molecule has 1 aromatic rings. The Morgan fingerprint density at radius 3 is 2.68 bits per heavy atom. The van der Waals surface area contributed by atoms with Gasteiger partial charge in [-0.2, -0.15) is 5.10 Å². The van der Waals surface area contributed by atoms with Crippen LogP contribution in [0.25, 0.3) is 0 Å². The minimum Gasteiger partial charge on any atom is -0.278 e. The maximum atomic E-state index is 12.6. The van der Waals surface area contributed by atoms with Gasteiger partial charge in [-0.25, -0.2) is 5.43 Å². The summed E-state index contributed by atoms with van der Waals surface area (Å²) in [7, 11) is 0. The number of carbonyl (C=O) groups excluding carboxylic acids is 3. The van der Waals surface area contributed by atoms with Crippen molar-refractivity contribution in [3.8, 4) is 0 Å². The van der Waals surface area contributed by atoms with Crippen LogP contribution in [0.15, 0.2) is 29.4 Å². The summed E-state index contributed by atoms with van der Waals surface area (Å²) < 4.78 is 0. The molecular weight excluding hydrogens is 354 g/mol. The van der Waals surface area contributed by atoms with Gasteiger partial charge in [0.2, 0.25) is 11.8 Å². The molecule has 4 rings (SSSR count). The molecule has 1 aromatic carbocycles. The van der Waals surface area contributed by atoms with Crippen molar-refractivity contribution in [2.75, 3.05) is 6.54 Å². The Balaban J connectivity index is 1.37. The molecular formula is C22H27N3O3. The number of carbonyl (C=O) groups is 3. The smallest absolute Gasteiger partial charge is 0.260 e. The van der Waals surface area contributed by atoms with Crippen molar-refractivity contribution >= 4 is 23.4 Å². The number of rotatable bonds is 4. The molecule has 6 heteroatoms. The predicted octanol–water partition coefficient (Wildman–Crippen LogP) is 2.92. The van der Waals surface area contributed by atoms with E-state index in [-0.39, 0.29) is 47.9 Å². The monoisotopic (exact) mass is 381 g/mol. The van der Waals surface area contributed by atoms with E-state index in [9.17, 15) is 14.4 Å². The first-order valence-corrected chi connectivity index (χ1v) is 10.0.